The number of carboxylic acid groups (broad SMARTS) is 1. The van der Waals surface area contributed by atoms with Crippen LogP contribution in [0.2, 0.25) is 0 Å². The summed E-state index contributed by atoms with van der Waals surface area (Å²) in [7, 11) is 0. The zero-order valence-corrected chi connectivity index (χ0v) is 17.1. The molecule has 3 rings (SSSR count). The van der Waals surface area contributed by atoms with Crippen LogP contribution in [0.5, 0.6) is 0 Å². The number of aliphatic carboxylic acids is 1. The van der Waals surface area contributed by atoms with Crippen molar-refractivity contribution in [2.45, 2.75) is 51.2 Å². The molecule has 9 nitrogen and oxygen atoms in total. The van der Waals surface area contributed by atoms with Crippen molar-refractivity contribution in [2.75, 3.05) is 6.54 Å². The van der Waals surface area contributed by atoms with Gasteiger partial charge in [0.1, 0.15) is 18.5 Å². The van der Waals surface area contributed by atoms with Crippen molar-refractivity contribution in [1.82, 2.24) is 10.4 Å². The van der Waals surface area contributed by atoms with Crippen LogP contribution in [0.15, 0.2) is 35.4 Å². The minimum absolute atomic E-state index is 0.138. The Morgan fingerprint density at radius 2 is 1.97 bits per heavy atom. The maximum Gasteiger partial charge on any atom is 0.410 e. The maximum absolute atomic E-state index is 12.7. The number of amides is 1. The Hall–Kier alpha value is -2.81. The van der Waals surface area contributed by atoms with Crippen molar-refractivity contribution in [3.8, 4) is 0 Å². The second-order valence-electron chi connectivity index (χ2n) is 8.25. The van der Waals surface area contributed by atoms with Crippen LogP contribution in [-0.4, -0.2) is 40.5 Å². The second kappa shape index (κ2) is 10.3. The summed E-state index contributed by atoms with van der Waals surface area (Å²) in [5, 5.41) is 13.5. The lowest BCUT2D eigenvalue weighted by molar-refractivity contribution is -0.146. The second-order valence-corrected chi connectivity index (χ2v) is 8.25. The third-order valence-corrected chi connectivity index (χ3v) is 6.32. The first kappa shape index (κ1) is 21.9. The highest BCUT2D eigenvalue weighted by molar-refractivity contribution is 5.80. The Morgan fingerprint density at radius 3 is 2.67 bits per heavy atom. The molecule has 164 valence electrons. The molecule has 1 aromatic carbocycles. The molecule has 30 heavy (non-hydrogen) atoms. The number of carboxylic acids is 1. The molecule has 4 atom stereocenters. The summed E-state index contributed by atoms with van der Waals surface area (Å²) in [6.07, 6.45) is 4.43. The predicted octanol–water partition coefficient (Wildman–Crippen LogP) is 2.03. The first-order chi connectivity index (χ1) is 14.5. The van der Waals surface area contributed by atoms with Crippen LogP contribution in [0, 0.1) is 17.8 Å². The average molecular weight is 418 g/mol. The van der Waals surface area contributed by atoms with Gasteiger partial charge in [-0.3, -0.25) is 4.90 Å². The summed E-state index contributed by atoms with van der Waals surface area (Å²) < 4.78 is 5.42. The van der Waals surface area contributed by atoms with Crippen molar-refractivity contribution in [1.29, 1.82) is 0 Å². The number of hydrogen-bond acceptors (Lipinski definition) is 6. The van der Waals surface area contributed by atoms with Crippen LogP contribution >= 0.6 is 0 Å². The molecule has 4 unspecified atom stereocenters. The van der Waals surface area contributed by atoms with E-state index < -0.39 is 18.1 Å². The standard InChI is InChI=1S/C21H31N5O4/c22-19(24-25-23)9-7-14-6-8-16-12-26(18(20(27)28)11-17(16)10-14)21(29)30-13-15-4-2-1-3-5-15/h1-5,14,16-18,25H,6-13,23H2,(H2,22,24)(H,27,28). The van der Waals surface area contributed by atoms with Gasteiger partial charge in [-0.15, -0.1) is 0 Å². The van der Waals surface area contributed by atoms with Gasteiger partial charge in [-0.2, -0.15) is 5.10 Å². The molecular weight excluding hydrogens is 386 g/mol. The summed E-state index contributed by atoms with van der Waals surface area (Å²) >= 11 is 0. The lowest BCUT2D eigenvalue weighted by atomic mass is 9.68. The molecule has 1 amide bonds. The summed E-state index contributed by atoms with van der Waals surface area (Å²) in [5.74, 6) is 5.71. The normalized spacial score (nSPS) is 26.6. The topological polar surface area (TPSA) is 143 Å². The number of fused-ring (bicyclic) bond motifs is 1. The van der Waals surface area contributed by atoms with Crippen LogP contribution in [0.4, 0.5) is 4.79 Å². The SMILES string of the molecule is NN/N=C(\N)CCC1CCC2CN(C(=O)OCc3ccccc3)C(C(=O)O)CC2C1. The molecule has 1 aliphatic heterocycles. The number of carbonyl (C=O) groups excluding carboxylic acids is 1. The number of piperidine rings is 1. The van der Waals surface area contributed by atoms with E-state index >= 15 is 0 Å². The number of hydrazine groups is 1. The van der Waals surface area contributed by atoms with Gasteiger partial charge in [-0.1, -0.05) is 36.8 Å². The summed E-state index contributed by atoms with van der Waals surface area (Å²) in [6.45, 7) is 0.571. The highest BCUT2D eigenvalue weighted by atomic mass is 16.6. The number of carbonyl (C=O) groups is 2. The Labute approximate surface area is 176 Å². The number of hydrazone groups is 1. The summed E-state index contributed by atoms with van der Waals surface area (Å²) in [6, 6.07) is 8.54. The minimum atomic E-state index is -0.974. The molecule has 6 N–H and O–H groups in total. The van der Waals surface area contributed by atoms with E-state index in [1.54, 1.807) is 0 Å². The van der Waals surface area contributed by atoms with Crippen molar-refractivity contribution in [2.24, 2.45) is 34.4 Å². The highest BCUT2D eigenvalue weighted by Gasteiger charge is 2.44. The van der Waals surface area contributed by atoms with E-state index in [4.69, 9.17) is 16.3 Å². The molecule has 0 spiro atoms. The zero-order valence-electron chi connectivity index (χ0n) is 17.1. The van der Waals surface area contributed by atoms with Gasteiger partial charge in [0.25, 0.3) is 0 Å². The third-order valence-electron chi connectivity index (χ3n) is 6.32. The summed E-state index contributed by atoms with van der Waals surface area (Å²) in [4.78, 5) is 26.0. The molecule has 0 aromatic heterocycles. The monoisotopic (exact) mass is 417 g/mol. The molecule has 9 heteroatoms. The maximum atomic E-state index is 12.7. The molecule has 1 saturated heterocycles. The number of likely N-dealkylation sites (tertiary alicyclic amines) is 1. The van der Waals surface area contributed by atoms with E-state index in [-0.39, 0.29) is 12.5 Å². The summed E-state index contributed by atoms with van der Waals surface area (Å²) in [5.41, 5.74) is 8.87. The van der Waals surface area contributed by atoms with E-state index in [1.807, 2.05) is 30.3 Å². The number of benzene rings is 1. The smallest absolute Gasteiger partial charge is 0.410 e. The molecular formula is C21H31N5O4. The molecule has 2 aliphatic rings. The van der Waals surface area contributed by atoms with Gasteiger partial charge in [0.2, 0.25) is 0 Å². The molecule has 1 saturated carbocycles. The fourth-order valence-electron chi connectivity index (χ4n) is 4.74. The lowest BCUT2D eigenvalue weighted by Gasteiger charge is -2.45. The van der Waals surface area contributed by atoms with Gasteiger partial charge in [-0.25, -0.2) is 21.0 Å². The van der Waals surface area contributed by atoms with Gasteiger partial charge in [0.05, 0.1) is 0 Å². The number of nitrogens with one attached hydrogen (secondary N) is 1. The first-order valence-corrected chi connectivity index (χ1v) is 10.5. The van der Waals surface area contributed by atoms with E-state index in [1.165, 1.54) is 4.90 Å². The van der Waals surface area contributed by atoms with Crippen molar-refractivity contribution < 1.29 is 19.4 Å². The number of hydrogen-bond donors (Lipinski definition) is 4. The Bertz CT molecular complexity index is 757. The average Bonchev–Trinajstić information content (AvgIpc) is 2.75. The molecule has 1 aliphatic carbocycles. The quantitative estimate of drug-likeness (QED) is 0.230. The fraction of sp³-hybridized carbons (Fsp3) is 0.571. The van der Waals surface area contributed by atoms with Crippen molar-refractivity contribution in [3.05, 3.63) is 35.9 Å². The highest BCUT2D eigenvalue weighted by Crippen LogP contribution is 2.42. The van der Waals surface area contributed by atoms with Gasteiger partial charge < -0.3 is 15.6 Å². The molecule has 2 fully saturated rings. The van der Waals surface area contributed by atoms with Crippen molar-refractivity contribution >= 4 is 17.9 Å². The minimum Gasteiger partial charge on any atom is -0.480 e. The van der Waals surface area contributed by atoms with E-state index in [2.05, 4.69) is 10.6 Å². The lowest BCUT2D eigenvalue weighted by Crippen LogP contribution is -2.54. The Morgan fingerprint density at radius 1 is 1.20 bits per heavy atom. The van der Waals surface area contributed by atoms with Crippen LogP contribution in [0.25, 0.3) is 0 Å². The predicted molar refractivity (Wildman–Crippen MR) is 112 cm³/mol. The molecule has 1 aromatic rings. The number of rotatable bonds is 7. The Kier molecular flexibility index (Phi) is 7.51. The zero-order chi connectivity index (χ0) is 21.5. The van der Waals surface area contributed by atoms with Gasteiger partial charge in [0, 0.05) is 13.0 Å². The van der Waals surface area contributed by atoms with Crippen LogP contribution in [0.3, 0.4) is 0 Å². The third kappa shape index (κ3) is 5.63. The number of nitrogens with two attached hydrogens (primary N) is 2. The van der Waals surface area contributed by atoms with E-state index in [9.17, 15) is 14.7 Å². The number of amidine groups is 1. The van der Waals surface area contributed by atoms with Gasteiger partial charge in [0.15, 0.2) is 0 Å². The number of nitrogens with zero attached hydrogens (tertiary/aromatic N) is 2. The van der Waals surface area contributed by atoms with Crippen molar-refractivity contribution in [3.63, 3.8) is 0 Å². The van der Waals surface area contributed by atoms with Crippen LogP contribution < -0.4 is 17.1 Å². The van der Waals surface area contributed by atoms with E-state index in [0.29, 0.717) is 37.1 Å². The molecule has 1 heterocycles. The van der Waals surface area contributed by atoms with E-state index in [0.717, 1.165) is 31.2 Å². The number of ether oxygens (including phenoxy) is 1. The largest absolute Gasteiger partial charge is 0.480 e. The molecule has 0 bridgehead atoms. The van der Waals surface area contributed by atoms with Crippen LogP contribution in [-0.2, 0) is 16.1 Å². The fourth-order valence-corrected chi connectivity index (χ4v) is 4.74. The first-order valence-electron chi connectivity index (χ1n) is 10.5. The van der Waals surface area contributed by atoms with Gasteiger partial charge >= 0.3 is 12.1 Å². The Balaban J connectivity index is 1.57. The molecule has 0 radical (unpaired) electrons. The van der Waals surface area contributed by atoms with Gasteiger partial charge in [-0.05, 0) is 49.0 Å². The van der Waals surface area contributed by atoms with Crippen LogP contribution in [0.1, 0.15) is 44.1 Å².